The van der Waals surface area contributed by atoms with Crippen molar-refractivity contribution in [3.05, 3.63) is 229 Å². The van der Waals surface area contributed by atoms with Gasteiger partial charge < -0.3 is 14.4 Å². The van der Waals surface area contributed by atoms with E-state index in [-0.39, 0.29) is 28.4 Å². The second kappa shape index (κ2) is 17.9. The van der Waals surface area contributed by atoms with Gasteiger partial charge in [-0.05, 0) is 163 Å². The van der Waals surface area contributed by atoms with Crippen LogP contribution in [0.4, 0.5) is 34.1 Å². The smallest absolute Gasteiger partial charge is 0.252 e. The molecule has 2 aliphatic rings. The molecule has 12 aromatic rings. The van der Waals surface area contributed by atoms with Crippen LogP contribution in [0.5, 0.6) is 0 Å². The van der Waals surface area contributed by atoms with E-state index < -0.39 is 0 Å². The van der Waals surface area contributed by atoms with Crippen LogP contribution in [0.2, 0.25) is 0 Å². The lowest BCUT2D eigenvalue weighted by molar-refractivity contribution is 0.590. The molecule has 0 atom stereocenters. The van der Waals surface area contributed by atoms with Gasteiger partial charge >= 0.3 is 0 Å². The molecule has 0 fully saturated rings. The molecule has 0 radical (unpaired) electrons. The minimum absolute atomic E-state index is 0.0122. The first kappa shape index (κ1) is 50.6. The highest BCUT2D eigenvalue weighted by molar-refractivity contribution is 7.00. The zero-order chi connectivity index (χ0) is 56.1. The lowest BCUT2D eigenvalue weighted by atomic mass is 9.33. The van der Waals surface area contributed by atoms with Crippen molar-refractivity contribution < 1.29 is 0 Å². The van der Waals surface area contributed by atoms with E-state index in [0.717, 1.165) is 50.4 Å². The van der Waals surface area contributed by atoms with E-state index >= 15 is 0 Å². The van der Waals surface area contributed by atoms with Crippen molar-refractivity contribution >= 4 is 101 Å². The molecule has 81 heavy (non-hydrogen) atoms. The van der Waals surface area contributed by atoms with Gasteiger partial charge in [0.1, 0.15) is 5.65 Å². The fourth-order valence-electron chi connectivity index (χ4n) is 13.2. The molecular weight excluding hydrogens is 982 g/mol. The number of hydrogen-bond donors (Lipinski definition) is 0. The van der Waals surface area contributed by atoms with Crippen LogP contribution < -0.4 is 26.2 Å². The number of benzene rings is 9. The minimum atomic E-state index is -0.0765. The summed E-state index contributed by atoms with van der Waals surface area (Å²) in [5, 5.41) is 4.77. The number of pyridine rings is 1. The van der Waals surface area contributed by atoms with Gasteiger partial charge in [-0.1, -0.05) is 186 Å². The Hall–Kier alpha value is -8.61. The molecule has 5 heterocycles. The van der Waals surface area contributed by atoms with Gasteiger partial charge in [-0.15, -0.1) is 0 Å². The van der Waals surface area contributed by atoms with Gasteiger partial charge in [0.25, 0.3) is 6.71 Å². The van der Waals surface area contributed by atoms with Crippen molar-refractivity contribution in [1.29, 1.82) is 0 Å². The van der Waals surface area contributed by atoms with E-state index in [1.165, 1.54) is 88.6 Å². The Kier molecular flexibility index (Phi) is 11.2. The maximum atomic E-state index is 5.11. The van der Waals surface area contributed by atoms with E-state index in [9.17, 15) is 0 Å². The Morgan fingerprint density at radius 2 is 0.728 bits per heavy atom. The quantitative estimate of drug-likeness (QED) is 0.161. The van der Waals surface area contributed by atoms with Crippen molar-refractivity contribution in [2.75, 3.05) is 9.80 Å². The first-order chi connectivity index (χ1) is 38.7. The number of anilines is 6. The standard InChI is InChI=1S/C75H70BN5/c1-72(2,3)48-27-33-52(34-28-48)78-66-38-31-50(74(7,8)9)44-60(66)76-61-45-51(75(10,11)12)32-39-67(61)79(53-35-29-49(30-36-53)73(4,5)6)69-43-47(42-68(78)70(69)76)59-46-54(80-62-24-16-15-22-57(62)58-23-19-41-77-71(58)80)37-40-65(59)81-63-25-17-13-20-55(63)56-21-14-18-26-64(56)81/h13-46H,1-12H3. The highest BCUT2D eigenvalue weighted by atomic mass is 15.2. The maximum absolute atomic E-state index is 5.11. The summed E-state index contributed by atoms with van der Waals surface area (Å²) < 4.78 is 4.86. The van der Waals surface area contributed by atoms with E-state index in [2.05, 4.69) is 302 Å². The number of rotatable bonds is 5. The van der Waals surface area contributed by atoms with Gasteiger partial charge in [0.2, 0.25) is 0 Å². The maximum Gasteiger partial charge on any atom is 0.252 e. The lowest BCUT2D eigenvalue weighted by Crippen LogP contribution is -2.61. The topological polar surface area (TPSA) is 29.2 Å². The van der Waals surface area contributed by atoms with Crippen LogP contribution in [0.15, 0.2) is 206 Å². The van der Waals surface area contributed by atoms with Crippen LogP contribution in [0.25, 0.3) is 66.2 Å². The summed E-state index contributed by atoms with van der Waals surface area (Å²) in [6, 6.07) is 76.5. The van der Waals surface area contributed by atoms with Crippen molar-refractivity contribution in [3.8, 4) is 22.5 Å². The third-order valence-corrected chi connectivity index (χ3v) is 17.6. The highest BCUT2D eigenvalue weighted by Gasteiger charge is 2.45. The Bertz CT molecular complexity index is 4250. The average Bonchev–Trinajstić information content (AvgIpc) is 4.09. The van der Waals surface area contributed by atoms with E-state index in [4.69, 9.17) is 4.98 Å². The SMILES string of the molecule is CC(C)(C)c1ccc(N2c3ccc(C(C)(C)C)cc3B3c4cc(C(C)(C)C)ccc4N(c4ccc(C(C)(C)C)cc4)c4cc(-c5cc(-n6c7ccccc7c7cccnc76)ccc5-n5c6ccccc6c6ccccc65)cc2c43)cc1. The second-order valence-corrected chi connectivity index (χ2v) is 27.0. The summed E-state index contributed by atoms with van der Waals surface area (Å²) in [5.74, 6) is 0. The second-order valence-electron chi connectivity index (χ2n) is 27.0. The highest BCUT2D eigenvalue weighted by Crippen LogP contribution is 2.49. The molecule has 0 spiro atoms. The monoisotopic (exact) mass is 1050 g/mol. The number of nitrogens with zero attached hydrogens (tertiary/aromatic N) is 5. The molecule has 0 N–H and O–H groups in total. The molecule has 14 rings (SSSR count). The third kappa shape index (κ3) is 8.07. The van der Waals surface area contributed by atoms with Crippen molar-refractivity contribution in [2.45, 2.75) is 105 Å². The first-order valence-corrected chi connectivity index (χ1v) is 29.0. The van der Waals surface area contributed by atoms with Crippen LogP contribution in [0.3, 0.4) is 0 Å². The molecule has 0 bridgehead atoms. The molecule has 9 aromatic carbocycles. The molecule has 2 aliphatic heterocycles. The molecule has 3 aromatic heterocycles. The number of hydrogen-bond acceptors (Lipinski definition) is 3. The molecule has 398 valence electrons. The molecule has 0 saturated carbocycles. The Balaban J connectivity index is 1.14. The summed E-state index contributed by atoms with van der Waals surface area (Å²) in [7, 11) is 0. The molecule has 6 heteroatoms. The van der Waals surface area contributed by atoms with Gasteiger partial charge in [-0.2, -0.15) is 0 Å². The van der Waals surface area contributed by atoms with E-state index in [1.807, 2.05) is 6.20 Å². The van der Waals surface area contributed by atoms with Crippen molar-refractivity contribution in [1.82, 2.24) is 14.1 Å². The van der Waals surface area contributed by atoms with Crippen LogP contribution in [0, 0.1) is 0 Å². The summed E-state index contributed by atoms with van der Waals surface area (Å²) in [5.41, 5.74) is 24.8. The molecule has 0 amide bonds. The van der Waals surface area contributed by atoms with Crippen LogP contribution >= 0.6 is 0 Å². The number of para-hydroxylation sites is 3. The molecule has 5 nitrogen and oxygen atoms in total. The normalized spacial score (nSPS) is 13.6. The summed E-state index contributed by atoms with van der Waals surface area (Å²) in [4.78, 5) is 10.3. The van der Waals surface area contributed by atoms with Gasteiger partial charge in [0, 0.05) is 73.1 Å². The largest absolute Gasteiger partial charge is 0.311 e. The van der Waals surface area contributed by atoms with E-state index in [1.54, 1.807) is 0 Å². The zero-order valence-electron chi connectivity index (χ0n) is 48.9. The number of fused-ring (bicyclic) bond motifs is 10. The zero-order valence-corrected chi connectivity index (χ0v) is 48.9. The molecular formula is C75H70BN5. The number of aromatic nitrogens is 3. The summed E-state index contributed by atoms with van der Waals surface area (Å²) in [6.07, 6.45) is 1.92. The van der Waals surface area contributed by atoms with Crippen molar-refractivity contribution in [3.63, 3.8) is 0 Å². The minimum Gasteiger partial charge on any atom is -0.311 e. The van der Waals surface area contributed by atoms with Gasteiger partial charge in [-0.25, -0.2) is 4.98 Å². The molecule has 0 unspecified atom stereocenters. The fraction of sp³-hybridized carbons (Fsp3) is 0.213. The molecule has 0 saturated heterocycles. The Morgan fingerprint density at radius 3 is 1.20 bits per heavy atom. The van der Waals surface area contributed by atoms with Crippen LogP contribution in [0.1, 0.15) is 105 Å². The summed E-state index contributed by atoms with van der Waals surface area (Å²) >= 11 is 0. The third-order valence-electron chi connectivity index (χ3n) is 17.6. The van der Waals surface area contributed by atoms with Crippen LogP contribution in [-0.4, -0.2) is 20.8 Å². The lowest BCUT2D eigenvalue weighted by Gasteiger charge is -2.45. The van der Waals surface area contributed by atoms with Gasteiger partial charge in [-0.3, -0.25) is 4.57 Å². The fourth-order valence-corrected chi connectivity index (χ4v) is 13.2. The van der Waals surface area contributed by atoms with Gasteiger partial charge in [0.05, 0.1) is 22.2 Å². The average molecular weight is 1050 g/mol. The van der Waals surface area contributed by atoms with E-state index in [0.29, 0.717) is 0 Å². The predicted octanol–water partition coefficient (Wildman–Crippen LogP) is 18.2. The van der Waals surface area contributed by atoms with Crippen molar-refractivity contribution in [2.24, 2.45) is 0 Å². The van der Waals surface area contributed by atoms with Gasteiger partial charge in [0.15, 0.2) is 0 Å². The predicted molar refractivity (Wildman–Crippen MR) is 347 cm³/mol. The Morgan fingerprint density at radius 1 is 0.333 bits per heavy atom. The first-order valence-electron chi connectivity index (χ1n) is 29.0. The van der Waals surface area contributed by atoms with Crippen LogP contribution in [-0.2, 0) is 21.7 Å². The summed E-state index contributed by atoms with van der Waals surface area (Å²) in [6.45, 7) is 27.9. The Labute approximate surface area is 478 Å². The molecule has 0 aliphatic carbocycles.